The summed E-state index contributed by atoms with van der Waals surface area (Å²) in [5.41, 5.74) is 1.49. The van der Waals surface area contributed by atoms with Crippen molar-refractivity contribution in [3.63, 3.8) is 0 Å². The molecule has 88 valence electrons. The molecule has 0 amide bonds. The molecule has 1 nitrogen and oxygen atoms in total. The van der Waals surface area contributed by atoms with Crippen molar-refractivity contribution in [1.29, 1.82) is 0 Å². The van der Waals surface area contributed by atoms with E-state index in [9.17, 15) is 0 Å². The molecule has 17 heavy (non-hydrogen) atoms. The number of hydrogen-bond donors (Lipinski definition) is 1. The molecule has 0 aliphatic carbocycles. The van der Waals surface area contributed by atoms with Gasteiger partial charge in [0.05, 0.1) is 13.1 Å². The highest BCUT2D eigenvalue weighted by atomic mass is 15.1. The maximum atomic E-state index is 2.36. The van der Waals surface area contributed by atoms with Crippen LogP contribution >= 0.6 is 0 Å². The maximum Gasteiger partial charge on any atom is 0.103 e. The topological polar surface area (TPSA) is 4.44 Å². The lowest BCUT2D eigenvalue weighted by molar-refractivity contribution is -0.918. The van der Waals surface area contributed by atoms with Gasteiger partial charge in [0, 0.05) is 5.56 Å². The molecule has 1 aliphatic rings. The summed E-state index contributed by atoms with van der Waals surface area (Å²) < 4.78 is 0. The Morgan fingerprint density at radius 1 is 0.824 bits per heavy atom. The Balaban J connectivity index is 1.80. The molecule has 2 aromatic carbocycles. The molecule has 3 rings (SSSR count). The number of likely N-dealkylation sites (tertiary alicyclic amines) is 1. The third kappa shape index (κ3) is 2.50. The number of fused-ring (bicyclic) bond motifs is 1. The van der Waals surface area contributed by atoms with Gasteiger partial charge in [0.15, 0.2) is 0 Å². The molecule has 0 atom stereocenters. The SMILES string of the molecule is c1ccc2cc(C[NH+]3CCCCC3)ccc2c1. The molecule has 0 saturated carbocycles. The van der Waals surface area contributed by atoms with Crippen LogP contribution in [0.25, 0.3) is 10.8 Å². The number of piperidine rings is 1. The Morgan fingerprint density at radius 3 is 2.41 bits per heavy atom. The molecule has 1 aliphatic heterocycles. The maximum absolute atomic E-state index is 2.36. The largest absolute Gasteiger partial charge is 0.331 e. The molecular weight excluding hydrogens is 206 g/mol. The van der Waals surface area contributed by atoms with Crippen LogP contribution in [0.4, 0.5) is 0 Å². The molecule has 0 spiro atoms. The van der Waals surface area contributed by atoms with E-state index in [2.05, 4.69) is 42.5 Å². The summed E-state index contributed by atoms with van der Waals surface area (Å²) in [6.45, 7) is 3.91. The van der Waals surface area contributed by atoms with Crippen molar-refractivity contribution in [3.05, 3.63) is 48.0 Å². The van der Waals surface area contributed by atoms with E-state index in [0.29, 0.717) is 0 Å². The van der Waals surface area contributed by atoms with Crippen LogP contribution in [0.5, 0.6) is 0 Å². The Hall–Kier alpha value is -1.34. The molecule has 2 aromatic rings. The molecule has 0 bridgehead atoms. The van der Waals surface area contributed by atoms with Gasteiger partial charge < -0.3 is 4.90 Å². The van der Waals surface area contributed by atoms with Crippen LogP contribution < -0.4 is 4.90 Å². The van der Waals surface area contributed by atoms with E-state index in [-0.39, 0.29) is 0 Å². The minimum Gasteiger partial charge on any atom is -0.331 e. The fourth-order valence-corrected chi connectivity index (χ4v) is 2.87. The van der Waals surface area contributed by atoms with Gasteiger partial charge in [-0.3, -0.25) is 0 Å². The quantitative estimate of drug-likeness (QED) is 0.802. The molecule has 1 saturated heterocycles. The smallest absolute Gasteiger partial charge is 0.103 e. The minimum absolute atomic E-state index is 1.20. The predicted molar refractivity (Wildman–Crippen MR) is 72.2 cm³/mol. The third-order valence-electron chi connectivity index (χ3n) is 3.83. The number of rotatable bonds is 2. The highest BCUT2D eigenvalue weighted by Gasteiger charge is 2.13. The molecule has 1 N–H and O–H groups in total. The molecule has 1 heteroatoms. The van der Waals surface area contributed by atoms with E-state index < -0.39 is 0 Å². The summed E-state index contributed by atoms with van der Waals surface area (Å²) in [5.74, 6) is 0. The third-order valence-corrected chi connectivity index (χ3v) is 3.83. The highest BCUT2D eigenvalue weighted by molar-refractivity contribution is 5.82. The van der Waals surface area contributed by atoms with Crippen molar-refractivity contribution in [2.45, 2.75) is 25.8 Å². The predicted octanol–water partition coefficient (Wildman–Crippen LogP) is 2.41. The van der Waals surface area contributed by atoms with Gasteiger partial charge in [-0.2, -0.15) is 0 Å². The zero-order chi connectivity index (χ0) is 11.5. The minimum atomic E-state index is 1.20. The average Bonchev–Trinajstić information content (AvgIpc) is 2.40. The van der Waals surface area contributed by atoms with Gasteiger partial charge in [-0.1, -0.05) is 36.4 Å². The number of hydrogen-bond acceptors (Lipinski definition) is 0. The first kappa shape index (κ1) is 10.8. The van der Waals surface area contributed by atoms with Crippen molar-refractivity contribution in [1.82, 2.24) is 0 Å². The van der Waals surface area contributed by atoms with Crippen molar-refractivity contribution in [2.75, 3.05) is 13.1 Å². The molecular formula is C16H20N+. The van der Waals surface area contributed by atoms with Crippen LogP contribution in [0.1, 0.15) is 24.8 Å². The average molecular weight is 226 g/mol. The number of nitrogens with one attached hydrogen (secondary N) is 1. The molecule has 1 fully saturated rings. The lowest BCUT2D eigenvalue weighted by Gasteiger charge is -2.23. The van der Waals surface area contributed by atoms with E-state index in [4.69, 9.17) is 0 Å². The summed E-state index contributed by atoms with van der Waals surface area (Å²) in [4.78, 5) is 1.76. The van der Waals surface area contributed by atoms with E-state index in [1.54, 1.807) is 4.90 Å². The summed E-state index contributed by atoms with van der Waals surface area (Å²) in [6.07, 6.45) is 4.24. The van der Waals surface area contributed by atoms with Gasteiger partial charge in [-0.15, -0.1) is 0 Å². The van der Waals surface area contributed by atoms with Crippen LogP contribution in [-0.4, -0.2) is 13.1 Å². The van der Waals surface area contributed by atoms with Crippen LogP contribution in [0.2, 0.25) is 0 Å². The van der Waals surface area contributed by atoms with E-state index >= 15 is 0 Å². The zero-order valence-corrected chi connectivity index (χ0v) is 10.3. The highest BCUT2D eigenvalue weighted by Crippen LogP contribution is 2.15. The lowest BCUT2D eigenvalue weighted by Crippen LogP contribution is -3.11. The van der Waals surface area contributed by atoms with Gasteiger partial charge in [0.2, 0.25) is 0 Å². The second-order valence-corrected chi connectivity index (χ2v) is 5.17. The van der Waals surface area contributed by atoms with Crippen LogP contribution in [0.15, 0.2) is 42.5 Å². The first-order chi connectivity index (χ1) is 8.42. The zero-order valence-electron chi connectivity index (χ0n) is 10.3. The van der Waals surface area contributed by atoms with Crippen molar-refractivity contribution in [3.8, 4) is 0 Å². The summed E-state index contributed by atoms with van der Waals surface area (Å²) in [5, 5.41) is 2.73. The molecule has 1 heterocycles. The fourth-order valence-electron chi connectivity index (χ4n) is 2.87. The van der Waals surface area contributed by atoms with Crippen molar-refractivity contribution >= 4 is 10.8 Å². The molecule has 0 unspecified atom stereocenters. The Labute approximate surface area is 103 Å². The van der Waals surface area contributed by atoms with Gasteiger partial charge in [-0.05, 0) is 36.1 Å². The first-order valence-electron chi connectivity index (χ1n) is 6.73. The second kappa shape index (κ2) is 4.89. The standard InChI is InChI=1S/C16H19N/c1-4-10-17(11-5-1)13-14-8-9-15-6-2-3-7-16(15)12-14/h2-3,6-9,12H,1,4-5,10-11,13H2/p+1. The van der Waals surface area contributed by atoms with Crippen LogP contribution in [0.3, 0.4) is 0 Å². The van der Waals surface area contributed by atoms with Crippen molar-refractivity contribution < 1.29 is 4.90 Å². The van der Waals surface area contributed by atoms with Gasteiger partial charge in [0.25, 0.3) is 0 Å². The van der Waals surface area contributed by atoms with E-state index in [0.717, 1.165) is 0 Å². The Morgan fingerprint density at radius 2 is 1.59 bits per heavy atom. The molecule has 0 radical (unpaired) electrons. The Bertz CT molecular complexity index is 498. The summed E-state index contributed by atoms with van der Waals surface area (Å²) in [7, 11) is 0. The number of benzene rings is 2. The van der Waals surface area contributed by atoms with E-state index in [1.807, 2.05) is 0 Å². The normalized spacial score (nSPS) is 17.4. The second-order valence-electron chi connectivity index (χ2n) is 5.17. The van der Waals surface area contributed by atoms with Crippen LogP contribution in [0, 0.1) is 0 Å². The lowest BCUT2D eigenvalue weighted by atomic mass is 10.1. The van der Waals surface area contributed by atoms with Crippen molar-refractivity contribution in [2.24, 2.45) is 0 Å². The number of quaternary nitrogens is 1. The monoisotopic (exact) mass is 226 g/mol. The molecule has 0 aromatic heterocycles. The fraction of sp³-hybridized carbons (Fsp3) is 0.375. The Kier molecular flexibility index (Phi) is 3.10. The summed E-state index contributed by atoms with van der Waals surface area (Å²) >= 11 is 0. The summed E-state index contributed by atoms with van der Waals surface area (Å²) in [6, 6.07) is 15.5. The van der Waals surface area contributed by atoms with Gasteiger partial charge in [-0.25, -0.2) is 0 Å². The van der Waals surface area contributed by atoms with Gasteiger partial charge >= 0.3 is 0 Å². The van der Waals surface area contributed by atoms with Crippen LogP contribution in [-0.2, 0) is 6.54 Å². The van der Waals surface area contributed by atoms with Gasteiger partial charge in [0.1, 0.15) is 6.54 Å². The van der Waals surface area contributed by atoms with E-state index in [1.165, 1.54) is 55.2 Å². The first-order valence-corrected chi connectivity index (χ1v) is 6.73.